The quantitative estimate of drug-likeness (QED) is 0.273. The van der Waals surface area contributed by atoms with Gasteiger partial charge in [0.2, 0.25) is 10.0 Å². The molecule has 0 bridgehead atoms. The van der Waals surface area contributed by atoms with Crippen molar-refractivity contribution in [1.82, 2.24) is 10.6 Å². The first-order valence-electron chi connectivity index (χ1n) is 8.92. The van der Waals surface area contributed by atoms with E-state index in [0.29, 0.717) is 18.2 Å². The van der Waals surface area contributed by atoms with E-state index in [4.69, 9.17) is 0 Å². The summed E-state index contributed by atoms with van der Waals surface area (Å²) in [6.07, 6.45) is 2.07. The van der Waals surface area contributed by atoms with E-state index in [2.05, 4.69) is 46.3 Å². The number of hydrogen-bond donors (Lipinski definition) is 3. The lowest BCUT2D eigenvalue weighted by Gasteiger charge is -2.17. The van der Waals surface area contributed by atoms with Crippen LogP contribution in [0.15, 0.2) is 41.4 Å². The van der Waals surface area contributed by atoms with Crippen molar-refractivity contribution in [1.29, 1.82) is 0 Å². The van der Waals surface area contributed by atoms with E-state index in [1.54, 1.807) is 12.1 Å². The summed E-state index contributed by atoms with van der Waals surface area (Å²) in [6, 6.07) is 11.8. The van der Waals surface area contributed by atoms with Gasteiger partial charge in [-0.1, -0.05) is 18.2 Å². The Bertz CT molecular complexity index is 882. The number of thiophene rings is 1. The second-order valence-electron chi connectivity index (χ2n) is 6.49. The van der Waals surface area contributed by atoms with E-state index in [9.17, 15) is 8.42 Å². The van der Waals surface area contributed by atoms with Crippen LogP contribution < -0.4 is 15.4 Å². The molecule has 28 heavy (non-hydrogen) atoms. The van der Waals surface area contributed by atoms with Gasteiger partial charge in [-0.15, -0.1) is 35.3 Å². The predicted molar refractivity (Wildman–Crippen MR) is 130 cm³/mol. The van der Waals surface area contributed by atoms with Gasteiger partial charge in [0.05, 0.1) is 18.5 Å². The van der Waals surface area contributed by atoms with Crippen molar-refractivity contribution in [2.75, 3.05) is 17.5 Å². The third-order valence-corrected chi connectivity index (χ3v) is 5.36. The first-order valence-corrected chi connectivity index (χ1v) is 11.6. The number of rotatable bonds is 8. The topological polar surface area (TPSA) is 82.6 Å². The molecule has 2 rings (SSSR count). The van der Waals surface area contributed by atoms with Crippen LogP contribution in [0, 0.1) is 6.92 Å². The minimum atomic E-state index is -3.33. The molecule has 0 saturated carbocycles. The highest BCUT2D eigenvalue weighted by atomic mass is 127. The molecule has 0 saturated heterocycles. The Labute approximate surface area is 189 Å². The van der Waals surface area contributed by atoms with Gasteiger partial charge >= 0.3 is 0 Å². The van der Waals surface area contributed by atoms with Gasteiger partial charge in [-0.2, -0.15) is 0 Å². The van der Waals surface area contributed by atoms with Crippen molar-refractivity contribution < 1.29 is 8.42 Å². The zero-order valence-electron chi connectivity index (χ0n) is 16.7. The molecule has 0 aliphatic carbocycles. The maximum absolute atomic E-state index is 11.5. The maximum atomic E-state index is 11.5. The number of nitrogens with zero attached hydrogens (tertiary/aromatic N) is 1. The molecule has 1 heterocycles. The maximum Gasteiger partial charge on any atom is 0.229 e. The summed E-state index contributed by atoms with van der Waals surface area (Å²) in [5.74, 6) is 0.715. The minimum Gasteiger partial charge on any atom is -0.357 e. The fourth-order valence-corrected chi connectivity index (χ4v) is 4.24. The number of aliphatic imine (C=N–C) groups is 1. The van der Waals surface area contributed by atoms with Crippen LogP contribution >= 0.6 is 35.3 Å². The van der Waals surface area contributed by atoms with Gasteiger partial charge in [0.1, 0.15) is 0 Å². The zero-order valence-corrected chi connectivity index (χ0v) is 20.6. The molecule has 6 nitrogen and oxygen atoms in total. The van der Waals surface area contributed by atoms with Gasteiger partial charge in [0.25, 0.3) is 0 Å². The van der Waals surface area contributed by atoms with E-state index in [1.165, 1.54) is 9.75 Å². The number of para-hydroxylation sites is 1. The highest BCUT2D eigenvalue weighted by Gasteiger charge is 2.10. The monoisotopic (exact) mass is 536 g/mol. The van der Waals surface area contributed by atoms with Crippen LogP contribution in [0.5, 0.6) is 0 Å². The average Bonchev–Trinajstić information content (AvgIpc) is 2.97. The molecule has 2 aromatic rings. The molecule has 0 fully saturated rings. The first-order chi connectivity index (χ1) is 12.8. The molecule has 0 aliphatic heterocycles. The summed E-state index contributed by atoms with van der Waals surface area (Å²) in [6.45, 7) is 7.38. The van der Waals surface area contributed by atoms with E-state index < -0.39 is 10.0 Å². The summed E-state index contributed by atoms with van der Waals surface area (Å²) in [7, 11) is -3.33. The minimum absolute atomic E-state index is 0. The Morgan fingerprint density at radius 3 is 2.54 bits per heavy atom. The van der Waals surface area contributed by atoms with Crippen LogP contribution in [-0.2, 0) is 23.0 Å². The number of guanidine groups is 1. The lowest BCUT2D eigenvalue weighted by Crippen LogP contribution is -2.43. The Balaban J connectivity index is 0.00000392. The molecule has 1 aromatic heterocycles. The lowest BCUT2D eigenvalue weighted by molar-refractivity contribution is 0.606. The number of hydrogen-bond acceptors (Lipinski definition) is 4. The van der Waals surface area contributed by atoms with Crippen molar-refractivity contribution in [3.8, 4) is 0 Å². The van der Waals surface area contributed by atoms with Crippen LogP contribution in [0.25, 0.3) is 0 Å². The van der Waals surface area contributed by atoms with Crippen molar-refractivity contribution in [2.45, 2.75) is 39.8 Å². The average molecular weight is 537 g/mol. The number of benzene rings is 1. The Kier molecular flexibility index (Phi) is 10.3. The van der Waals surface area contributed by atoms with Gasteiger partial charge in [-0.3, -0.25) is 4.72 Å². The number of aryl methyl sites for hydroxylation is 1. The molecular formula is C19H29IN4O2S2. The van der Waals surface area contributed by atoms with Crippen LogP contribution in [0.4, 0.5) is 5.69 Å². The molecular weight excluding hydrogens is 507 g/mol. The fourth-order valence-electron chi connectivity index (χ4n) is 2.62. The smallest absolute Gasteiger partial charge is 0.229 e. The SMILES string of the molecule is CCNC(=NCc1ccccc1NS(C)(=O)=O)NC(C)Cc1ccc(C)s1.I. The number of anilines is 1. The van der Waals surface area contributed by atoms with Crippen LogP contribution in [0.3, 0.4) is 0 Å². The zero-order chi connectivity index (χ0) is 19.9. The van der Waals surface area contributed by atoms with E-state index >= 15 is 0 Å². The van der Waals surface area contributed by atoms with Gasteiger partial charge in [0, 0.05) is 28.8 Å². The molecule has 0 spiro atoms. The van der Waals surface area contributed by atoms with Gasteiger partial charge in [-0.25, -0.2) is 13.4 Å². The molecule has 0 radical (unpaired) electrons. The second kappa shape index (κ2) is 11.6. The molecule has 1 aromatic carbocycles. The number of sulfonamides is 1. The standard InChI is InChI=1S/C19H28N4O2S2.HI/c1-5-20-19(22-14(2)12-17-11-10-15(3)26-17)21-13-16-8-6-7-9-18(16)23-27(4,24)25;/h6-11,14,23H,5,12-13H2,1-4H3,(H2,20,21,22);1H. The van der Waals surface area contributed by atoms with Crippen LogP contribution in [-0.4, -0.2) is 33.2 Å². The summed E-state index contributed by atoms with van der Waals surface area (Å²) < 4.78 is 25.6. The van der Waals surface area contributed by atoms with E-state index in [1.807, 2.05) is 30.4 Å². The highest BCUT2D eigenvalue weighted by Crippen LogP contribution is 2.18. The van der Waals surface area contributed by atoms with Crippen molar-refractivity contribution in [2.24, 2.45) is 4.99 Å². The molecule has 156 valence electrons. The van der Waals surface area contributed by atoms with Crippen molar-refractivity contribution >= 4 is 57.0 Å². The molecule has 1 unspecified atom stereocenters. The van der Waals surface area contributed by atoms with Crippen molar-refractivity contribution in [3.63, 3.8) is 0 Å². The highest BCUT2D eigenvalue weighted by molar-refractivity contribution is 14.0. The first kappa shape index (κ1) is 24.7. The third kappa shape index (κ3) is 8.78. The Morgan fingerprint density at radius 1 is 1.21 bits per heavy atom. The summed E-state index contributed by atoms with van der Waals surface area (Å²) >= 11 is 1.81. The van der Waals surface area contributed by atoms with Gasteiger partial charge < -0.3 is 10.6 Å². The summed E-state index contributed by atoms with van der Waals surface area (Å²) in [5, 5.41) is 6.67. The molecule has 9 heteroatoms. The molecule has 0 aliphatic rings. The Hall–Kier alpha value is -1.33. The van der Waals surface area contributed by atoms with Crippen LogP contribution in [0.2, 0.25) is 0 Å². The fraction of sp³-hybridized carbons (Fsp3) is 0.421. The summed E-state index contributed by atoms with van der Waals surface area (Å²) in [5.41, 5.74) is 1.38. The number of halogens is 1. The molecule has 1 atom stereocenters. The molecule has 3 N–H and O–H groups in total. The largest absolute Gasteiger partial charge is 0.357 e. The molecule has 0 amide bonds. The van der Waals surface area contributed by atoms with E-state index in [0.717, 1.165) is 24.8 Å². The predicted octanol–water partition coefficient (Wildman–Crippen LogP) is 3.73. The van der Waals surface area contributed by atoms with Crippen molar-refractivity contribution in [3.05, 3.63) is 51.7 Å². The van der Waals surface area contributed by atoms with Gasteiger partial charge in [-0.05, 0) is 44.5 Å². The van der Waals surface area contributed by atoms with Gasteiger partial charge in [0.15, 0.2) is 5.96 Å². The lowest BCUT2D eigenvalue weighted by atomic mass is 10.2. The second-order valence-corrected chi connectivity index (χ2v) is 9.61. The number of nitrogens with one attached hydrogen (secondary N) is 3. The third-order valence-electron chi connectivity index (χ3n) is 3.75. The Morgan fingerprint density at radius 2 is 1.93 bits per heavy atom. The van der Waals surface area contributed by atoms with Crippen LogP contribution in [0.1, 0.15) is 29.2 Å². The van der Waals surface area contributed by atoms with E-state index in [-0.39, 0.29) is 30.0 Å². The normalized spacial score (nSPS) is 12.8. The summed E-state index contributed by atoms with van der Waals surface area (Å²) in [4.78, 5) is 7.28.